The summed E-state index contributed by atoms with van der Waals surface area (Å²) in [5.74, 6) is 0.664. The normalized spacial score (nSPS) is 17.7. The number of carbonyl (C=O) groups excluding carboxylic acids is 2. The number of Topliss-reactive ketones (excluding diaryl/α,β-unsaturated/α-hetero) is 1. The van der Waals surface area contributed by atoms with E-state index in [0.717, 1.165) is 24.8 Å². The molecule has 1 aliphatic carbocycles. The second kappa shape index (κ2) is 6.24. The van der Waals surface area contributed by atoms with Gasteiger partial charge < -0.3 is 14.8 Å². The lowest BCUT2D eigenvalue weighted by Gasteiger charge is -2.25. The van der Waals surface area contributed by atoms with Crippen molar-refractivity contribution in [1.82, 2.24) is 0 Å². The Morgan fingerprint density at radius 2 is 1.88 bits per heavy atom. The molecule has 0 fully saturated rings. The number of carbonyl (C=O) groups is 2. The Morgan fingerprint density at radius 3 is 2.68 bits per heavy atom. The van der Waals surface area contributed by atoms with Crippen molar-refractivity contribution < 1.29 is 19.1 Å². The van der Waals surface area contributed by atoms with E-state index in [2.05, 4.69) is 11.4 Å². The molecule has 0 bridgehead atoms. The summed E-state index contributed by atoms with van der Waals surface area (Å²) in [6, 6.07) is 11.4. The lowest BCUT2D eigenvalue weighted by atomic mass is 9.82. The van der Waals surface area contributed by atoms with Crippen LogP contribution in [0.4, 0.5) is 5.69 Å². The van der Waals surface area contributed by atoms with E-state index in [9.17, 15) is 9.59 Å². The maximum Gasteiger partial charge on any atom is 0.231 e. The van der Waals surface area contributed by atoms with Crippen LogP contribution in [0.5, 0.6) is 11.5 Å². The van der Waals surface area contributed by atoms with E-state index in [1.54, 1.807) is 12.1 Å². The van der Waals surface area contributed by atoms with Gasteiger partial charge in [-0.3, -0.25) is 9.59 Å². The van der Waals surface area contributed by atoms with Crippen molar-refractivity contribution >= 4 is 17.4 Å². The van der Waals surface area contributed by atoms with E-state index in [1.807, 2.05) is 18.2 Å². The van der Waals surface area contributed by atoms with Crippen LogP contribution in [0.1, 0.15) is 47.2 Å². The average Bonchev–Trinajstić information content (AvgIpc) is 3.07. The topological polar surface area (TPSA) is 64.6 Å². The number of ether oxygens (including phenoxy) is 2. The van der Waals surface area contributed by atoms with Gasteiger partial charge in [-0.1, -0.05) is 24.3 Å². The number of amides is 1. The van der Waals surface area contributed by atoms with Gasteiger partial charge in [0.1, 0.15) is 0 Å². The Balaban J connectivity index is 1.65. The van der Waals surface area contributed by atoms with Crippen molar-refractivity contribution in [1.29, 1.82) is 0 Å². The van der Waals surface area contributed by atoms with Gasteiger partial charge in [0.15, 0.2) is 17.3 Å². The lowest BCUT2D eigenvalue weighted by molar-refractivity contribution is -0.117. The molecule has 0 spiro atoms. The van der Waals surface area contributed by atoms with Gasteiger partial charge >= 0.3 is 0 Å². The molecule has 2 aromatic carbocycles. The first kappa shape index (κ1) is 15.7. The van der Waals surface area contributed by atoms with Crippen molar-refractivity contribution in [2.24, 2.45) is 0 Å². The van der Waals surface area contributed by atoms with E-state index >= 15 is 0 Å². The van der Waals surface area contributed by atoms with Gasteiger partial charge in [-0.25, -0.2) is 0 Å². The fraction of sp³-hybridized carbons (Fsp3) is 0.300. The summed E-state index contributed by atoms with van der Waals surface area (Å²) in [5.41, 5.74) is 3.22. The summed E-state index contributed by atoms with van der Waals surface area (Å²) in [6.07, 6.45) is 2.79. The summed E-state index contributed by atoms with van der Waals surface area (Å²) in [4.78, 5) is 24.9. The first-order valence-electron chi connectivity index (χ1n) is 8.47. The molecule has 0 saturated heterocycles. The molecule has 5 nitrogen and oxygen atoms in total. The number of ketones is 1. The first-order valence-corrected chi connectivity index (χ1v) is 8.47. The highest BCUT2D eigenvalue weighted by Crippen LogP contribution is 2.38. The molecule has 128 valence electrons. The summed E-state index contributed by atoms with van der Waals surface area (Å²) < 4.78 is 10.7. The van der Waals surface area contributed by atoms with Crippen LogP contribution in [0, 0.1) is 0 Å². The molecule has 1 unspecified atom stereocenters. The van der Waals surface area contributed by atoms with Crippen LogP contribution in [0.3, 0.4) is 0 Å². The number of fused-ring (bicyclic) bond motifs is 2. The molecule has 4 rings (SSSR count). The van der Waals surface area contributed by atoms with Gasteiger partial charge in [0.25, 0.3) is 0 Å². The smallest absolute Gasteiger partial charge is 0.231 e. The van der Waals surface area contributed by atoms with Crippen molar-refractivity contribution in [2.45, 2.75) is 32.1 Å². The Morgan fingerprint density at radius 1 is 1.12 bits per heavy atom. The summed E-state index contributed by atoms with van der Waals surface area (Å²) in [5, 5.41) is 2.94. The monoisotopic (exact) mass is 337 g/mol. The quantitative estimate of drug-likeness (QED) is 0.868. The maximum atomic E-state index is 12.9. The zero-order valence-electron chi connectivity index (χ0n) is 14.0. The van der Waals surface area contributed by atoms with Crippen molar-refractivity contribution in [2.75, 3.05) is 12.1 Å². The average molecular weight is 337 g/mol. The third-order valence-corrected chi connectivity index (χ3v) is 4.84. The third kappa shape index (κ3) is 2.86. The zero-order chi connectivity index (χ0) is 17.4. The van der Waals surface area contributed by atoms with Crippen LogP contribution in [0.15, 0.2) is 36.4 Å². The van der Waals surface area contributed by atoms with Gasteiger partial charge in [0.2, 0.25) is 12.7 Å². The number of anilines is 1. The SMILES string of the molecule is CC(=O)c1cc2c(cc1NC(=O)C1CCCc3ccccc31)OCO2. The minimum absolute atomic E-state index is 0.0893. The molecule has 1 atom stereocenters. The molecule has 1 heterocycles. The fourth-order valence-electron chi connectivity index (χ4n) is 3.58. The van der Waals surface area contributed by atoms with Gasteiger partial charge in [0, 0.05) is 11.6 Å². The molecule has 5 heteroatoms. The van der Waals surface area contributed by atoms with Crippen LogP contribution in [-0.4, -0.2) is 18.5 Å². The molecule has 0 aromatic heterocycles. The number of hydrogen-bond acceptors (Lipinski definition) is 4. The van der Waals surface area contributed by atoms with Gasteiger partial charge in [-0.05, 0) is 43.4 Å². The molecule has 0 saturated carbocycles. The van der Waals surface area contributed by atoms with Crippen LogP contribution in [0.2, 0.25) is 0 Å². The molecule has 1 amide bonds. The van der Waals surface area contributed by atoms with Crippen LogP contribution in [-0.2, 0) is 11.2 Å². The second-order valence-corrected chi connectivity index (χ2v) is 6.44. The predicted octanol–water partition coefficient (Wildman–Crippen LogP) is 3.68. The zero-order valence-corrected chi connectivity index (χ0v) is 14.0. The van der Waals surface area contributed by atoms with E-state index in [-0.39, 0.29) is 24.4 Å². The number of benzene rings is 2. The summed E-state index contributed by atoms with van der Waals surface area (Å²) in [7, 11) is 0. The van der Waals surface area contributed by atoms with Crippen molar-refractivity contribution in [3.63, 3.8) is 0 Å². The largest absolute Gasteiger partial charge is 0.454 e. The molecule has 2 aromatic rings. The highest BCUT2D eigenvalue weighted by atomic mass is 16.7. The fourth-order valence-corrected chi connectivity index (χ4v) is 3.58. The lowest BCUT2D eigenvalue weighted by Crippen LogP contribution is -2.25. The summed E-state index contributed by atoms with van der Waals surface area (Å²) >= 11 is 0. The van der Waals surface area contributed by atoms with Crippen LogP contribution < -0.4 is 14.8 Å². The highest BCUT2D eigenvalue weighted by molar-refractivity contribution is 6.06. The molecular weight excluding hydrogens is 318 g/mol. The Labute approximate surface area is 145 Å². The molecule has 2 aliphatic rings. The number of rotatable bonds is 3. The number of hydrogen-bond donors (Lipinski definition) is 1. The Kier molecular flexibility index (Phi) is 3.92. The highest BCUT2D eigenvalue weighted by Gasteiger charge is 2.28. The molecule has 0 radical (unpaired) electrons. The van der Waals surface area contributed by atoms with Crippen LogP contribution >= 0.6 is 0 Å². The van der Waals surface area contributed by atoms with Gasteiger partial charge in [0.05, 0.1) is 11.6 Å². The van der Waals surface area contributed by atoms with E-state index in [4.69, 9.17) is 9.47 Å². The van der Waals surface area contributed by atoms with Gasteiger partial charge in [-0.2, -0.15) is 0 Å². The minimum atomic E-state index is -0.199. The third-order valence-electron chi connectivity index (χ3n) is 4.84. The Bertz CT molecular complexity index is 859. The van der Waals surface area contributed by atoms with E-state index in [1.165, 1.54) is 12.5 Å². The summed E-state index contributed by atoms with van der Waals surface area (Å²) in [6.45, 7) is 1.60. The molecule has 1 N–H and O–H groups in total. The minimum Gasteiger partial charge on any atom is -0.454 e. The maximum absolute atomic E-state index is 12.9. The predicted molar refractivity (Wildman–Crippen MR) is 93.3 cm³/mol. The molecule has 25 heavy (non-hydrogen) atoms. The van der Waals surface area contributed by atoms with Gasteiger partial charge in [-0.15, -0.1) is 0 Å². The van der Waals surface area contributed by atoms with Crippen LogP contribution in [0.25, 0.3) is 0 Å². The molecular formula is C20H19NO4. The second-order valence-electron chi connectivity index (χ2n) is 6.44. The van der Waals surface area contributed by atoms with Crippen molar-refractivity contribution in [3.05, 3.63) is 53.1 Å². The molecule has 1 aliphatic heterocycles. The van der Waals surface area contributed by atoms with E-state index < -0.39 is 0 Å². The first-order chi connectivity index (χ1) is 12.1. The number of nitrogens with one attached hydrogen (secondary N) is 1. The van der Waals surface area contributed by atoms with E-state index in [0.29, 0.717) is 22.7 Å². The standard InChI is InChI=1S/C20H19NO4/c1-12(22)16-9-18-19(25-11-24-18)10-17(16)21-20(23)15-8-4-6-13-5-2-3-7-14(13)15/h2-3,5,7,9-10,15H,4,6,8,11H2,1H3,(H,21,23). The number of aryl methyl sites for hydroxylation is 1. The Hall–Kier alpha value is -2.82. The van der Waals surface area contributed by atoms with Crippen molar-refractivity contribution in [3.8, 4) is 11.5 Å².